The minimum absolute atomic E-state index is 0.00158. The largest absolute Gasteiger partial charge is 0.507 e. The van der Waals surface area contributed by atoms with Crippen LogP contribution in [0, 0.1) is 20.8 Å². The van der Waals surface area contributed by atoms with Crippen molar-refractivity contribution in [2.45, 2.75) is 26.8 Å². The van der Waals surface area contributed by atoms with Crippen LogP contribution >= 0.6 is 11.3 Å². The maximum absolute atomic E-state index is 13.5. The number of Topliss-reactive ketones (excluding diaryl/α,β-unsaturated/α-hetero) is 1. The molecule has 1 unspecified atom stereocenters. The van der Waals surface area contributed by atoms with E-state index in [1.54, 1.807) is 32.0 Å². The van der Waals surface area contributed by atoms with Crippen LogP contribution in [0.25, 0.3) is 5.76 Å². The fraction of sp³-hybridized carbons (Fsp3) is 0.207. The first-order valence-electron chi connectivity index (χ1n) is 11.9. The molecule has 10 heteroatoms. The van der Waals surface area contributed by atoms with Gasteiger partial charge in [-0.3, -0.25) is 14.5 Å². The summed E-state index contributed by atoms with van der Waals surface area (Å²) in [7, 11) is 1.26. The molecule has 9 nitrogen and oxygen atoms in total. The number of rotatable bonds is 7. The van der Waals surface area contributed by atoms with Crippen molar-refractivity contribution in [2.75, 3.05) is 18.6 Å². The van der Waals surface area contributed by atoms with Crippen LogP contribution in [0.1, 0.15) is 54.0 Å². The summed E-state index contributed by atoms with van der Waals surface area (Å²) in [5.74, 6) is -3.34. The normalized spacial score (nSPS) is 16.3. The number of aliphatic hydroxyl groups is 1. The molecule has 1 atom stereocenters. The van der Waals surface area contributed by atoms with Crippen molar-refractivity contribution in [1.82, 2.24) is 4.98 Å². The summed E-state index contributed by atoms with van der Waals surface area (Å²) >= 11 is 0.901. The third-order valence-corrected chi connectivity index (χ3v) is 7.39. The van der Waals surface area contributed by atoms with E-state index >= 15 is 0 Å². The number of hydrogen-bond acceptors (Lipinski definition) is 9. The van der Waals surface area contributed by atoms with Gasteiger partial charge in [0.25, 0.3) is 5.78 Å². The van der Waals surface area contributed by atoms with Gasteiger partial charge in [0.2, 0.25) is 0 Å². The number of aromatic nitrogens is 1. The van der Waals surface area contributed by atoms with Gasteiger partial charge in [-0.25, -0.2) is 14.6 Å². The second kappa shape index (κ2) is 11.0. The van der Waals surface area contributed by atoms with E-state index in [-0.39, 0.29) is 33.5 Å². The number of carbonyl (C=O) groups is 4. The molecule has 1 aliphatic heterocycles. The number of benzene rings is 2. The fourth-order valence-electron chi connectivity index (χ4n) is 4.28. The van der Waals surface area contributed by atoms with Gasteiger partial charge in [0.05, 0.1) is 30.0 Å². The van der Waals surface area contributed by atoms with Gasteiger partial charge in [0, 0.05) is 5.56 Å². The van der Waals surface area contributed by atoms with Crippen LogP contribution in [0.2, 0.25) is 0 Å². The van der Waals surface area contributed by atoms with Gasteiger partial charge >= 0.3 is 17.8 Å². The molecule has 0 saturated carbocycles. The molecular weight excluding hydrogens is 520 g/mol. The predicted octanol–water partition coefficient (Wildman–Crippen LogP) is 4.82. The average molecular weight is 547 g/mol. The first-order valence-corrected chi connectivity index (χ1v) is 12.7. The topological polar surface area (TPSA) is 123 Å². The zero-order valence-electron chi connectivity index (χ0n) is 21.8. The number of aliphatic hydroxyl groups excluding tert-OH is 1. The number of hydrogen-bond donors (Lipinski definition) is 1. The lowest BCUT2D eigenvalue weighted by Gasteiger charge is -2.23. The van der Waals surface area contributed by atoms with Crippen LogP contribution in [0.15, 0.2) is 60.7 Å². The third kappa shape index (κ3) is 5.10. The zero-order valence-corrected chi connectivity index (χ0v) is 22.6. The molecule has 0 spiro atoms. The summed E-state index contributed by atoms with van der Waals surface area (Å²) in [5, 5.41) is 11.5. The summed E-state index contributed by atoms with van der Waals surface area (Å²) in [6.07, 6.45) is 1.43. The Labute approximate surface area is 229 Å². The molecule has 1 aliphatic rings. The number of esters is 2. The lowest BCUT2D eigenvalue weighted by atomic mass is 9.93. The maximum atomic E-state index is 13.5. The summed E-state index contributed by atoms with van der Waals surface area (Å²) in [4.78, 5) is 57.2. The van der Waals surface area contributed by atoms with E-state index in [4.69, 9.17) is 9.47 Å². The maximum Gasteiger partial charge on any atom is 0.350 e. The quantitative estimate of drug-likeness (QED) is 0.147. The smallest absolute Gasteiger partial charge is 0.350 e. The number of thiazole rings is 1. The first-order chi connectivity index (χ1) is 18.6. The fourth-order valence-corrected chi connectivity index (χ4v) is 5.26. The summed E-state index contributed by atoms with van der Waals surface area (Å²) in [6.45, 7) is 8.76. The number of carbonyl (C=O) groups excluding carboxylic acids is 4. The Morgan fingerprint density at radius 3 is 2.44 bits per heavy atom. The highest BCUT2D eigenvalue weighted by Crippen LogP contribution is 2.44. The van der Waals surface area contributed by atoms with Crippen molar-refractivity contribution in [3.05, 3.63) is 99.1 Å². The van der Waals surface area contributed by atoms with E-state index in [1.807, 2.05) is 19.1 Å². The molecule has 0 bridgehead atoms. The summed E-state index contributed by atoms with van der Waals surface area (Å²) < 4.78 is 9.90. The van der Waals surface area contributed by atoms with Crippen LogP contribution in [-0.2, 0) is 19.1 Å². The van der Waals surface area contributed by atoms with Gasteiger partial charge in [-0.15, -0.1) is 0 Å². The summed E-state index contributed by atoms with van der Waals surface area (Å²) in [5.41, 5.74) is 2.87. The standard InChI is InChI=1S/C29H26N2O7S/c1-6-13-38-28(36)25-17(4)30-29(39-25)31-22(18-9-11-19(12-10-18)27(35)37-5)21(24(33)26(31)34)23(32)20-14-15(2)7-8-16(20)3/h6-12,14,22,32H,1,13H2,2-5H3. The van der Waals surface area contributed by atoms with Crippen molar-refractivity contribution in [2.24, 2.45) is 0 Å². The molecule has 1 N–H and O–H groups in total. The van der Waals surface area contributed by atoms with Crippen molar-refractivity contribution >= 4 is 45.9 Å². The third-order valence-electron chi connectivity index (χ3n) is 6.25. The minimum Gasteiger partial charge on any atom is -0.507 e. The van der Waals surface area contributed by atoms with E-state index in [1.165, 1.54) is 25.3 Å². The highest BCUT2D eigenvalue weighted by Gasteiger charge is 2.48. The van der Waals surface area contributed by atoms with Crippen molar-refractivity contribution < 1.29 is 33.8 Å². The van der Waals surface area contributed by atoms with Gasteiger partial charge in [0.1, 0.15) is 17.2 Å². The van der Waals surface area contributed by atoms with E-state index in [9.17, 15) is 24.3 Å². The SMILES string of the molecule is C=CCOC(=O)c1sc(N2C(=O)C(=O)C(=C(O)c3cc(C)ccc3C)C2c2ccc(C(=O)OC)cc2)nc1C. The van der Waals surface area contributed by atoms with Gasteiger partial charge in [-0.1, -0.05) is 53.8 Å². The molecular formula is C29H26N2O7S. The van der Waals surface area contributed by atoms with Crippen LogP contribution in [0.3, 0.4) is 0 Å². The Kier molecular flexibility index (Phi) is 7.78. The Hall–Kier alpha value is -4.57. The second-order valence-corrected chi connectivity index (χ2v) is 9.88. The molecule has 200 valence electrons. The lowest BCUT2D eigenvalue weighted by molar-refractivity contribution is -0.132. The zero-order chi connectivity index (χ0) is 28.4. The number of amides is 1. The molecule has 3 aromatic rings. The van der Waals surface area contributed by atoms with E-state index in [2.05, 4.69) is 11.6 Å². The number of anilines is 1. The van der Waals surface area contributed by atoms with Gasteiger partial charge < -0.3 is 14.6 Å². The molecule has 0 radical (unpaired) electrons. The first kappa shape index (κ1) is 27.5. The number of aryl methyl sites for hydroxylation is 3. The second-order valence-electron chi connectivity index (χ2n) is 8.90. The molecule has 1 saturated heterocycles. The lowest BCUT2D eigenvalue weighted by Crippen LogP contribution is -2.29. The van der Waals surface area contributed by atoms with Crippen LogP contribution in [-0.4, -0.2) is 47.4 Å². The van der Waals surface area contributed by atoms with E-state index in [0.29, 0.717) is 22.4 Å². The molecule has 0 aliphatic carbocycles. The van der Waals surface area contributed by atoms with Crippen molar-refractivity contribution in [3.8, 4) is 0 Å². The van der Waals surface area contributed by atoms with Crippen LogP contribution in [0.4, 0.5) is 5.13 Å². The van der Waals surface area contributed by atoms with E-state index < -0.39 is 29.7 Å². The van der Waals surface area contributed by atoms with Crippen LogP contribution in [0.5, 0.6) is 0 Å². The van der Waals surface area contributed by atoms with Gasteiger partial charge in [0.15, 0.2) is 5.13 Å². The predicted molar refractivity (Wildman–Crippen MR) is 146 cm³/mol. The Bertz CT molecular complexity index is 1540. The van der Waals surface area contributed by atoms with Gasteiger partial charge in [-0.05, 0) is 50.1 Å². The average Bonchev–Trinajstić information content (AvgIpc) is 3.44. The number of ether oxygens (including phenoxy) is 2. The molecule has 4 rings (SSSR count). The van der Waals surface area contributed by atoms with E-state index in [0.717, 1.165) is 21.8 Å². The number of methoxy groups -OCH3 is 1. The van der Waals surface area contributed by atoms with Crippen molar-refractivity contribution in [3.63, 3.8) is 0 Å². The van der Waals surface area contributed by atoms with Crippen LogP contribution < -0.4 is 4.90 Å². The Morgan fingerprint density at radius 2 is 1.79 bits per heavy atom. The Morgan fingerprint density at radius 1 is 1.10 bits per heavy atom. The van der Waals surface area contributed by atoms with Crippen molar-refractivity contribution in [1.29, 1.82) is 0 Å². The number of nitrogens with zero attached hydrogens (tertiary/aromatic N) is 2. The minimum atomic E-state index is -1.08. The highest BCUT2D eigenvalue weighted by molar-refractivity contribution is 7.17. The molecule has 39 heavy (non-hydrogen) atoms. The summed E-state index contributed by atoms with van der Waals surface area (Å²) in [6, 6.07) is 10.5. The molecule has 1 aromatic heterocycles. The highest BCUT2D eigenvalue weighted by atomic mass is 32.1. The van der Waals surface area contributed by atoms with Gasteiger partial charge in [-0.2, -0.15) is 0 Å². The molecule has 1 fully saturated rings. The monoisotopic (exact) mass is 546 g/mol. The molecule has 2 aromatic carbocycles. The Balaban J connectivity index is 1.92. The molecule has 1 amide bonds. The number of ketones is 1. The molecule has 2 heterocycles.